The Morgan fingerprint density at radius 3 is 2.74 bits per heavy atom. The first-order valence-electron chi connectivity index (χ1n) is 6.62. The summed E-state index contributed by atoms with van der Waals surface area (Å²) in [5.74, 6) is -1.86. The summed E-state index contributed by atoms with van der Waals surface area (Å²) in [7, 11) is 0. The highest BCUT2D eigenvalue weighted by atomic mass is 19.1. The monoisotopic (exact) mass is 268 g/mol. The van der Waals surface area contributed by atoms with E-state index in [1.165, 1.54) is 12.8 Å². The summed E-state index contributed by atoms with van der Waals surface area (Å²) < 4.78 is 26.3. The van der Waals surface area contributed by atoms with Gasteiger partial charge in [-0.15, -0.1) is 0 Å². The highest BCUT2D eigenvalue weighted by Crippen LogP contribution is 2.10. The van der Waals surface area contributed by atoms with Gasteiger partial charge in [0.25, 0.3) is 5.91 Å². The molecule has 1 aliphatic rings. The van der Waals surface area contributed by atoms with Crippen molar-refractivity contribution in [1.29, 1.82) is 0 Å². The Hall–Kier alpha value is -1.49. The van der Waals surface area contributed by atoms with Crippen molar-refractivity contribution < 1.29 is 13.6 Å². The number of hydrogen-bond acceptors (Lipinski definition) is 2. The molecule has 0 atom stereocenters. The van der Waals surface area contributed by atoms with Gasteiger partial charge in [-0.25, -0.2) is 8.78 Å². The lowest BCUT2D eigenvalue weighted by Gasteiger charge is -2.14. The van der Waals surface area contributed by atoms with E-state index in [9.17, 15) is 13.6 Å². The van der Waals surface area contributed by atoms with Crippen LogP contribution in [0.3, 0.4) is 0 Å². The number of nitrogens with one attached hydrogen (secondary N) is 1. The van der Waals surface area contributed by atoms with Crippen LogP contribution in [0.1, 0.15) is 29.6 Å². The smallest absolute Gasteiger partial charge is 0.254 e. The second kappa shape index (κ2) is 6.61. The molecule has 0 unspecified atom stereocenters. The van der Waals surface area contributed by atoms with Crippen molar-refractivity contribution in [3.8, 4) is 0 Å². The van der Waals surface area contributed by atoms with Crippen LogP contribution in [0.4, 0.5) is 8.78 Å². The molecule has 1 aliphatic heterocycles. The SMILES string of the molecule is O=C(NCCCN1CCCC1)c1cc(F)ccc1F. The standard InChI is InChI=1S/C14H18F2N2O/c15-11-4-5-13(16)12(10-11)14(19)17-6-3-9-18-7-1-2-8-18/h4-5,10H,1-3,6-9H2,(H,17,19). The number of hydrogen-bond donors (Lipinski definition) is 1. The van der Waals surface area contributed by atoms with Gasteiger partial charge >= 0.3 is 0 Å². The minimum absolute atomic E-state index is 0.235. The van der Waals surface area contributed by atoms with E-state index in [-0.39, 0.29) is 5.56 Å². The quantitative estimate of drug-likeness (QED) is 0.830. The fraction of sp³-hybridized carbons (Fsp3) is 0.500. The Bertz CT molecular complexity index is 445. The average Bonchev–Trinajstić information content (AvgIpc) is 2.90. The highest BCUT2D eigenvalue weighted by molar-refractivity contribution is 5.94. The maximum absolute atomic E-state index is 13.3. The second-order valence-corrected chi connectivity index (χ2v) is 4.78. The van der Waals surface area contributed by atoms with Gasteiger partial charge in [0.15, 0.2) is 0 Å². The summed E-state index contributed by atoms with van der Waals surface area (Å²) in [6.45, 7) is 3.65. The van der Waals surface area contributed by atoms with Crippen LogP contribution < -0.4 is 5.32 Å². The van der Waals surface area contributed by atoms with Crippen molar-refractivity contribution in [2.75, 3.05) is 26.2 Å². The summed E-state index contributed by atoms with van der Waals surface area (Å²) in [4.78, 5) is 14.0. The number of carbonyl (C=O) groups excluding carboxylic acids is 1. The molecule has 0 radical (unpaired) electrons. The average molecular weight is 268 g/mol. The molecule has 1 fully saturated rings. The van der Waals surface area contributed by atoms with Crippen LogP contribution >= 0.6 is 0 Å². The minimum Gasteiger partial charge on any atom is -0.352 e. The van der Waals surface area contributed by atoms with E-state index in [1.807, 2.05) is 0 Å². The molecule has 104 valence electrons. The summed E-state index contributed by atoms with van der Waals surface area (Å²) in [6, 6.07) is 2.89. The molecule has 0 spiro atoms. The van der Waals surface area contributed by atoms with Crippen LogP contribution in [0.15, 0.2) is 18.2 Å². The Labute approximate surface area is 111 Å². The van der Waals surface area contributed by atoms with E-state index >= 15 is 0 Å². The zero-order chi connectivity index (χ0) is 13.7. The fourth-order valence-corrected chi connectivity index (χ4v) is 2.28. The molecule has 1 heterocycles. The maximum atomic E-state index is 13.3. The first-order valence-corrected chi connectivity index (χ1v) is 6.62. The van der Waals surface area contributed by atoms with Crippen molar-refractivity contribution in [2.45, 2.75) is 19.3 Å². The Balaban J connectivity index is 1.75. The zero-order valence-electron chi connectivity index (χ0n) is 10.8. The van der Waals surface area contributed by atoms with Gasteiger partial charge in [0.1, 0.15) is 11.6 Å². The minimum atomic E-state index is -0.696. The summed E-state index contributed by atoms with van der Waals surface area (Å²) >= 11 is 0. The third-order valence-electron chi connectivity index (χ3n) is 3.31. The Morgan fingerprint density at radius 1 is 1.26 bits per heavy atom. The van der Waals surface area contributed by atoms with Gasteiger partial charge in [0.2, 0.25) is 0 Å². The molecule has 3 nitrogen and oxygen atoms in total. The molecule has 1 amide bonds. The molecule has 0 saturated carbocycles. The molecule has 0 aliphatic carbocycles. The van der Waals surface area contributed by atoms with Gasteiger partial charge in [-0.2, -0.15) is 0 Å². The van der Waals surface area contributed by atoms with Crippen molar-refractivity contribution in [2.24, 2.45) is 0 Å². The van der Waals surface area contributed by atoms with Crippen LogP contribution in [0.25, 0.3) is 0 Å². The largest absolute Gasteiger partial charge is 0.352 e. The van der Waals surface area contributed by atoms with Gasteiger partial charge in [0, 0.05) is 6.54 Å². The number of carbonyl (C=O) groups is 1. The summed E-state index contributed by atoms with van der Waals surface area (Å²) in [6.07, 6.45) is 3.30. The van der Waals surface area contributed by atoms with Crippen LogP contribution in [0.5, 0.6) is 0 Å². The third-order valence-corrected chi connectivity index (χ3v) is 3.31. The van der Waals surface area contributed by atoms with Gasteiger partial charge in [0.05, 0.1) is 5.56 Å². The molecular weight excluding hydrogens is 250 g/mol. The molecule has 0 aromatic heterocycles. The van der Waals surface area contributed by atoms with Gasteiger partial charge in [-0.05, 0) is 57.1 Å². The third kappa shape index (κ3) is 3.99. The normalized spacial score (nSPS) is 15.7. The first-order chi connectivity index (χ1) is 9.16. The molecule has 0 bridgehead atoms. The van der Waals surface area contributed by atoms with Crippen LogP contribution in [-0.2, 0) is 0 Å². The second-order valence-electron chi connectivity index (χ2n) is 4.78. The van der Waals surface area contributed by atoms with E-state index in [0.717, 1.165) is 44.3 Å². The number of rotatable bonds is 5. The van der Waals surface area contributed by atoms with Gasteiger partial charge < -0.3 is 10.2 Å². The van der Waals surface area contributed by atoms with Crippen LogP contribution in [-0.4, -0.2) is 37.0 Å². The number of halogens is 2. The Morgan fingerprint density at radius 2 is 2.00 bits per heavy atom. The van der Waals surface area contributed by atoms with E-state index in [2.05, 4.69) is 10.2 Å². The van der Waals surface area contributed by atoms with Crippen molar-refractivity contribution in [3.63, 3.8) is 0 Å². The fourth-order valence-electron chi connectivity index (χ4n) is 2.28. The number of benzene rings is 1. The maximum Gasteiger partial charge on any atom is 0.254 e. The molecule has 2 rings (SSSR count). The van der Waals surface area contributed by atoms with Crippen molar-refractivity contribution in [1.82, 2.24) is 10.2 Å². The lowest BCUT2D eigenvalue weighted by molar-refractivity contribution is 0.0947. The van der Waals surface area contributed by atoms with Crippen LogP contribution in [0, 0.1) is 11.6 Å². The topological polar surface area (TPSA) is 32.3 Å². The summed E-state index contributed by atoms with van der Waals surface area (Å²) in [5.41, 5.74) is -0.235. The van der Waals surface area contributed by atoms with Gasteiger partial charge in [-0.1, -0.05) is 0 Å². The molecule has 1 aromatic carbocycles. The molecule has 19 heavy (non-hydrogen) atoms. The summed E-state index contributed by atoms with van der Waals surface area (Å²) in [5, 5.41) is 2.62. The molecular formula is C14H18F2N2O. The highest BCUT2D eigenvalue weighted by Gasteiger charge is 2.13. The Kier molecular flexibility index (Phi) is 4.85. The van der Waals surface area contributed by atoms with Crippen LogP contribution in [0.2, 0.25) is 0 Å². The lowest BCUT2D eigenvalue weighted by atomic mass is 10.2. The van der Waals surface area contributed by atoms with E-state index < -0.39 is 17.5 Å². The zero-order valence-corrected chi connectivity index (χ0v) is 10.8. The van der Waals surface area contributed by atoms with E-state index in [0.29, 0.717) is 6.54 Å². The van der Waals surface area contributed by atoms with Crippen molar-refractivity contribution >= 4 is 5.91 Å². The number of nitrogens with zero attached hydrogens (tertiary/aromatic N) is 1. The lowest BCUT2D eigenvalue weighted by Crippen LogP contribution is -2.29. The predicted molar refractivity (Wildman–Crippen MR) is 69.0 cm³/mol. The molecule has 1 N–H and O–H groups in total. The number of likely N-dealkylation sites (tertiary alicyclic amines) is 1. The predicted octanol–water partition coefficient (Wildman–Crippen LogP) is 2.18. The van der Waals surface area contributed by atoms with E-state index in [1.54, 1.807) is 0 Å². The molecule has 1 aromatic rings. The first kappa shape index (κ1) is 13.9. The van der Waals surface area contributed by atoms with E-state index in [4.69, 9.17) is 0 Å². The molecule has 1 saturated heterocycles. The number of amides is 1. The van der Waals surface area contributed by atoms with Gasteiger partial charge in [-0.3, -0.25) is 4.79 Å². The van der Waals surface area contributed by atoms with Crippen molar-refractivity contribution in [3.05, 3.63) is 35.4 Å². The molecule has 5 heteroatoms.